The van der Waals surface area contributed by atoms with E-state index in [0.29, 0.717) is 5.69 Å². The second-order valence-electron chi connectivity index (χ2n) is 5.65. The number of benzene rings is 2. The molecule has 0 saturated heterocycles. The van der Waals surface area contributed by atoms with Gasteiger partial charge in [-0.25, -0.2) is 17.9 Å². The first-order chi connectivity index (χ1) is 12.2. The molecule has 0 bridgehead atoms. The SMILES string of the molecule is CN(C)c1ccc(NC(=O)CNS(=O)(=O)c2cccc(C(=O)O)c2)cc1. The first-order valence-electron chi connectivity index (χ1n) is 7.59. The topological polar surface area (TPSA) is 116 Å². The second kappa shape index (κ2) is 7.98. The smallest absolute Gasteiger partial charge is 0.335 e. The molecule has 1 amide bonds. The average Bonchev–Trinajstić information content (AvgIpc) is 2.60. The quantitative estimate of drug-likeness (QED) is 0.671. The highest BCUT2D eigenvalue weighted by Gasteiger charge is 2.17. The summed E-state index contributed by atoms with van der Waals surface area (Å²) in [5.74, 6) is -1.78. The van der Waals surface area contributed by atoms with Gasteiger partial charge in [0.2, 0.25) is 15.9 Å². The molecule has 0 radical (unpaired) electrons. The van der Waals surface area contributed by atoms with Crippen LogP contribution in [0.2, 0.25) is 0 Å². The molecule has 0 heterocycles. The zero-order chi connectivity index (χ0) is 19.3. The predicted molar refractivity (Wildman–Crippen MR) is 98.0 cm³/mol. The molecule has 2 aromatic carbocycles. The third-order valence-electron chi connectivity index (χ3n) is 3.48. The van der Waals surface area contributed by atoms with Gasteiger partial charge in [-0.05, 0) is 42.5 Å². The van der Waals surface area contributed by atoms with Crippen LogP contribution in [0.4, 0.5) is 11.4 Å². The molecule has 0 aromatic heterocycles. The highest BCUT2D eigenvalue weighted by atomic mass is 32.2. The van der Waals surface area contributed by atoms with E-state index in [0.717, 1.165) is 11.8 Å². The maximum absolute atomic E-state index is 12.2. The molecule has 0 spiro atoms. The van der Waals surface area contributed by atoms with Gasteiger partial charge in [-0.15, -0.1) is 0 Å². The first-order valence-corrected chi connectivity index (χ1v) is 9.07. The van der Waals surface area contributed by atoms with Crippen LogP contribution >= 0.6 is 0 Å². The molecule has 0 fully saturated rings. The van der Waals surface area contributed by atoms with Crippen molar-refractivity contribution in [1.82, 2.24) is 4.72 Å². The van der Waals surface area contributed by atoms with Gasteiger partial charge in [-0.1, -0.05) is 6.07 Å². The second-order valence-corrected chi connectivity index (χ2v) is 7.41. The van der Waals surface area contributed by atoms with Crippen LogP contribution in [0.25, 0.3) is 0 Å². The van der Waals surface area contributed by atoms with Crippen molar-refractivity contribution in [2.45, 2.75) is 4.90 Å². The van der Waals surface area contributed by atoms with E-state index in [-0.39, 0.29) is 10.5 Å². The summed E-state index contributed by atoms with van der Waals surface area (Å²) in [6.45, 7) is -0.477. The number of hydrogen-bond donors (Lipinski definition) is 3. The molecular weight excluding hydrogens is 358 g/mol. The van der Waals surface area contributed by atoms with E-state index in [1.807, 2.05) is 31.1 Å². The van der Waals surface area contributed by atoms with Crippen LogP contribution in [0.15, 0.2) is 53.4 Å². The van der Waals surface area contributed by atoms with Crippen LogP contribution in [0, 0.1) is 0 Å². The van der Waals surface area contributed by atoms with Crippen molar-refractivity contribution in [3.8, 4) is 0 Å². The number of carbonyl (C=O) groups is 2. The van der Waals surface area contributed by atoms with Gasteiger partial charge in [0.15, 0.2) is 0 Å². The molecule has 26 heavy (non-hydrogen) atoms. The summed E-state index contributed by atoms with van der Waals surface area (Å²) in [7, 11) is -0.221. The molecule has 138 valence electrons. The van der Waals surface area contributed by atoms with E-state index in [9.17, 15) is 18.0 Å². The summed E-state index contributed by atoms with van der Waals surface area (Å²) in [6, 6.07) is 11.9. The fourth-order valence-corrected chi connectivity index (χ4v) is 3.12. The Balaban J connectivity index is 1.99. The van der Waals surface area contributed by atoms with E-state index >= 15 is 0 Å². The predicted octanol–water partition coefficient (Wildman–Crippen LogP) is 1.37. The highest BCUT2D eigenvalue weighted by Crippen LogP contribution is 2.15. The summed E-state index contributed by atoms with van der Waals surface area (Å²) in [6.07, 6.45) is 0. The molecule has 0 aliphatic carbocycles. The van der Waals surface area contributed by atoms with Crippen molar-refractivity contribution in [1.29, 1.82) is 0 Å². The molecule has 2 rings (SSSR count). The molecular formula is C17H19N3O5S. The lowest BCUT2D eigenvalue weighted by molar-refractivity contribution is -0.115. The Morgan fingerprint density at radius 1 is 1.08 bits per heavy atom. The maximum Gasteiger partial charge on any atom is 0.335 e. The van der Waals surface area contributed by atoms with E-state index in [1.165, 1.54) is 18.2 Å². The van der Waals surface area contributed by atoms with E-state index in [2.05, 4.69) is 10.0 Å². The molecule has 0 unspecified atom stereocenters. The van der Waals surface area contributed by atoms with E-state index < -0.39 is 28.4 Å². The summed E-state index contributed by atoms with van der Waals surface area (Å²) in [4.78, 5) is 24.6. The van der Waals surface area contributed by atoms with Gasteiger partial charge in [0.25, 0.3) is 0 Å². The fraction of sp³-hybridized carbons (Fsp3) is 0.176. The molecule has 0 aliphatic rings. The standard InChI is InChI=1S/C17H19N3O5S/c1-20(2)14-8-6-13(7-9-14)19-16(21)11-18-26(24,25)15-5-3-4-12(10-15)17(22)23/h3-10,18H,11H2,1-2H3,(H,19,21)(H,22,23). The molecule has 0 saturated carbocycles. The number of aromatic carboxylic acids is 1. The number of carboxylic acid groups (broad SMARTS) is 1. The van der Waals surface area contributed by atoms with E-state index in [4.69, 9.17) is 5.11 Å². The van der Waals surface area contributed by atoms with Crippen molar-refractivity contribution in [3.63, 3.8) is 0 Å². The summed E-state index contributed by atoms with van der Waals surface area (Å²) < 4.78 is 26.5. The maximum atomic E-state index is 12.2. The number of carbonyl (C=O) groups excluding carboxylic acids is 1. The lowest BCUT2D eigenvalue weighted by Crippen LogP contribution is -2.33. The van der Waals surface area contributed by atoms with Gasteiger partial charge in [-0.2, -0.15) is 0 Å². The highest BCUT2D eigenvalue weighted by molar-refractivity contribution is 7.89. The number of amides is 1. The molecule has 8 nitrogen and oxygen atoms in total. The number of nitrogens with zero attached hydrogens (tertiary/aromatic N) is 1. The van der Waals surface area contributed by atoms with Crippen molar-refractivity contribution in [3.05, 3.63) is 54.1 Å². The zero-order valence-electron chi connectivity index (χ0n) is 14.3. The van der Waals surface area contributed by atoms with Crippen LogP contribution < -0.4 is 14.9 Å². The van der Waals surface area contributed by atoms with Gasteiger partial charge in [-0.3, -0.25) is 4.79 Å². The van der Waals surface area contributed by atoms with Crippen molar-refractivity contribution in [2.24, 2.45) is 0 Å². The molecule has 2 aromatic rings. The average molecular weight is 377 g/mol. The van der Waals surface area contributed by atoms with Gasteiger partial charge >= 0.3 is 5.97 Å². The van der Waals surface area contributed by atoms with Gasteiger partial charge in [0.1, 0.15) is 0 Å². The number of hydrogen-bond acceptors (Lipinski definition) is 5. The summed E-state index contributed by atoms with van der Waals surface area (Å²) in [5.41, 5.74) is 1.34. The molecule has 0 aliphatic heterocycles. The Labute approximate surface area is 151 Å². The fourth-order valence-electron chi connectivity index (χ4n) is 2.09. The Morgan fingerprint density at radius 3 is 2.31 bits per heavy atom. The number of nitrogens with one attached hydrogen (secondary N) is 2. The minimum Gasteiger partial charge on any atom is -0.478 e. The summed E-state index contributed by atoms with van der Waals surface area (Å²) >= 11 is 0. The Bertz CT molecular complexity index is 908. The van der Waals surface area contributed by atoms with Crippen LogP contribution in [-0.2, 0) is 14.8 Å². The van der Waals surface area contributed by atoms with Crippen molar-refractivity contribution >= 4 is 33.3 Å². The number of anilines is 2. The normalized spacial score (nSPS) is 11.0. The molecule has 3 N–H and O–H groups in total. The van der Waals surface area contributed by atoms with Crippen molar-refractivity contribution < 1.29 is 23.1 Å². The lowest BCUT2D eigenvalue weighted by atomic mass is 10.2. The minimum atomic E-state index is -4.00. The third kappa shape index (κ3) is 5.04. The Kier molecular flexibility index (Phi) is 5.96. The number of sulfonamides is 1. The molecule has 9 heteroatoms. The van der Waals surface area contributed by atoms with Crippen LogP contribution in [0.1, 0.15) is 10.4 Å². The van der Waals surface area contributed by atoms with Gasteiger partial charge in [0.05, 0.1) is 17.0 Å². The first kappa shape index (κ1) is 19.4. The van der Waals surface area contributed by atoms with Gasteiger partial charge in [0, 0.05) is 25.5 Å². The molecule has 0 atom stereocenters. The van der Waals surface area contributed by atoms with Crippen LogP contribution in [0.3, 0.4) is 0 Å². The monoisotopic (exact) mass is 377 g/mol. The van der Waals surface area contributed by atoms with Gasteiger partial charge < -0.3 is 15.3 Å². The van der Waals surface area contributed by atoms with Crippen molar-refractivity contribution in [2.75, 3.05) is 30.9 Å². The number of carboxylic acids is 1. The lowest BCUT2D eigenvalue weighted by Gasteiger charge is -2.13. The number of rotatable bonds is 7. The third-order valence-corrected chi connectivity index (χ3v) is 4.88. The van der Waals surface area contributed by atoms with Crippen LogP contribution in [0.5, 0.6) is 0 Å². The Hall–Kier alpha value is -2.91. The minimum absolute atomic E-state index is 0.154. The van der Waals surface area contributed by atoms with E-state index in [1.54, 1.807) is 12.1 Å². The largest absolute Gasteiger partial charge is 0.478 e. The van der Waals surface area contributed by atoms with Crippen LogP contribution in [-0.4, -0.2) is 46.0 Å². The zero-order valence-corrected chi connectivity index (χ0v) is 15.1. The summed E-state index contributed by atoms with van der Waals surface area (Å²) in [5, 5.41) is 11.5. The Morgan fingerprint density at radius 2 is 1.73 bits per heavy atom.